The number of rotatable bonds is 6. The molecule has 0 aliphatic heterocycles. The molecule has 0 fully saturated rings. The minimum atomic E-state index is -0.163. The molecule has 126 valence electrons. The number of aromatic nitrogens is 3. The highest BCUT2D eigenvalue weighted by Gasteiger charge is 2.18. The summed E-state index contributed by atoms with van der Waals surface area (Å²) in [6, 6.07) is 2.04. The van der Waals surface area contributed by atoms with Crippen LogP contribution in [0.25, 0.3) is 5.57 Å². The van der Waals surface area contributed by atoms with Crippen LogP contribution in [-0.2, 0) is 6.54 Å². The minimum absolute atomic E-state index is 0.140. The second-order valence-electron chi connectivity index (χ2n) is 5.80. The number of hydrogen-bond acceptors (Lipinski definition) is 5. The van der Waals surface area contributed by atoms with Crippen LogP contribution in [0.5, 0.6) is 11.5 Å². The molecule has 6 heteroatoms. The molecule has 2 heterocycles. The second kappa shape index (κ2) is 7.29. The van der Waals surface area contributed by atoms with Crippen LogP contribution in [0.4, 0.5) is 0 Å². The highest BCUT2D eigenvalue weighted by Crippen LogP contribution is 2.33. The maximum Gasteiger partial charge on any atom is 0.157 e. The third-order valence-electron chi connectivity index (χ3n) is 4.36. The van der Waals surface area contributed by atoms with Crippen LogP contribution in [0.3, 0.4) is 0 Å². The molecular formula is C18H21N3O3. The molecule has 0 spiro atoms. The van der Waals surface area contributed by atoms with Gasteiger partial charge in [0.1, 0.15) is 17.9 Å². The molecule has 6 nitrogen and oxygen atoms in total. The van der Waals surface area contributed by atoms with Gasteiger partial charge in [0.2, 0.25) is 0 Å². The second-order valence-corrected chi connectivity index (χ2v) is 5.80. The van der Waals surface area contributed by atoms with Gasteiger partial charge in [0.25, 0.3) is 0 Å². The van der Waals surface area contributed by atoms with Gasteiger partial charge in [-0.2, -0.15) is 5.10 Å². The zero-order chi connectivity index (χ0) is 16.9. The Morgan fingerprint density at radius 3 is 2.96 bits per heavy atom. The fraction of sp³-hybridized carbons (Fsp3) is 0.389. The maximum absolute atomic E-state index is 11.1. The first-order valence-electron chi connectivity index (χ1n) is 8.22. The van der Waals surface area contributed by atoms with Crippen LogP contribution >= 0.6 is 0 Å². The van der Waals surface area contributed by atoms with Gasteiger partial charge in [-0.15, -0.1) is 0 Å². The third kappa shape index (κ3) is 3.18. The Morgan fingerprint density at radius 2 is 2.17 bits per heavy atom. The Hall–Kier alpha value is -2.63. The van der Waals surface area contributed by atoms with Gasteiger partial charge in [0.05, 0.1) is 18.1 Å². The number of pyridine rings is 1. The number of aryl methyl sites for hydroxylation is 1. The Kier molecular flexibility index (Phi) is 4.93. The van der Waals surface area contributed by atoms with E-state index in [0.29, 0.717) is 18.6 Å². The summed E-state index contributed by atoms with van der Waals surface area (Å²) >= 11 is 0. The van der Waals surface area contributed by atoms with Gasteiger partial charge in [-0.1, -0.05) is 0 Å². The molecule has 0 atom stereocenters. The van der Waals surface area contributed by atoms with E-state index in [-0.39, 0.29) is 11.3 Å². The topological polar surface area (TPSA) is 77.2 Å². The molecule has 1 aliphatic carbocycles. The van der Waals surface area contributed by atoms with Crippen LogP contribution in [0.1, 0.15) is 48.7 Å². The average Bonchev–Trinajstić information content (AvgIpc) is 3.08. The van der Waals surface area contributed by atoms with Crippen molar-refractivity contribution in [2.24, 2.45) is 0 Å². The molecule has 0 aromatic carbocycles. The standard InChI is InChI=1S/C18H21N3O3/c1-2-21-16(7-8-20-21)14-6-4-3-5-13(14)12-24-18-10-19-9-17(23)15(18)11-22/h7-11,23H,2-6,12H2,1H3. The molecule has 1 aliphatic rings. The molecule has 2 aromatic heterocycles. The first kappa shape index (κ1) is 16.2. The van der Waals surface area contributed by atoms with Crippen LogP contribution < -0.4 is 4.74 Å². The number of carbonyl (C=O) groups is 1. The number of allylic oxidation sites excluding steroid dienone is 1. The van der Waals surface area contributed by atoms with Crippen molar-refractivity contribution in [2.45, 2.75) is 39.2 Å². The van der Waals surface area contributed by atoms with Crippen molar-refractivity contribution in [2.75, 3.05) is 6.61 Å². The molecular weight excluding hydrogens is 306 g/mol. The molecule has 0 amide bonds. The number of hydrogen-bond donors (Lipinski definition) is 1. The summed E-state index contributed by atoms with van der Waals surface area (Å²) in [7, 11) is 0. The van der Waals surface area contributed by atoms with E-state index in [1.807, 2.05) is 16.9 Å². The molecule has 2 aromatic rings. The fourth-order valence-corrected chi connectivity index (χ4v) is 3.12. The monoisotopic (exact) mass is 327 g/mol. The van der Waals surface area contributed by atoms with Gasteiger partial charge in [-0.3, -0.25) is 14.5 Å². The Labute approximate surface area is 140 Å². The van der Waals surface area contributed by atoms with E-state index in [1.54, 1.807) is 0 Å². The van der Waals surface area contributed by atoms with Gasteiger partial charge < -0.3 is 9.84 Å². The highest BCUT2D eigenvalue weighted by molar-refractivity contribution is 5.82. The minimum Gasteiger partial charge on any atom is -0.505 e. The van der Waals surface area contributed by atoms with Crippen molar-refractivity contribution in [3.05, 3.63) is 41.5 Å². The lowest BCUT2D eigenvalue weighted by atomic mass is 9.90. The summed E-state index contributed by atoms with van der Waals surface area (Å²) in [5.74, 6) is 0.149. The maximum atomic E-state index is 11.1. The van der Waals surface area contributed by atoms with Gasteiger partial charge in [-0.25, -0.2) is 0 Å². The van der Waals surface area contributed by atoms with Crippen molar-refractivity contribution in [1.29, 1.82) is 0 Å². The summed E-state index contributed by atoms with van der Waals surface area (Å²) in [6.07, 6.45) is 9.36. The molecule has 0 unspecified atom stereocenters. The average molecular weight is 327 g/mol. The van der Waals surface area contributed by atoms with E-state index in [9.17, 15) is 9.90 Å². The van der Waals surface area contributed by atoms with E-state index >= 15 is 0 Å². The third-order valence-corrected chi connectivity index (χ3v) is 4.36. The van der Waals surface area contributed by atoms with Crippen molar-refractivity contribution in [1.82, 2.24) is 14.8 Å². The van der Waals surface area contributed by atoms with Crippen LogP contribution in [0.2, 0.25) is 0 Å². The quantitative estimate of drug-likeness (QED) is 0.824. The van der Waals surface area contributed by atoms with E-state index < -0.39 is 0 Å². The van der Waals surface area contributed by atoms with E-state index in [0.717, 1.165) is 37.9 Å². The lowest BCUT2D eigenvalue weighted by molar-refractivity contribution is 0.111. The van der Waals surface area contributed by atoms with Gasteiger partial charge >= 0.3 is 0 Å². The molecule has 0 saturated carbocycles. The number of ether oxygens (including phenoxy) is 1. The predicted octanol–water partition coefficient (Wildman–Crippen LogP) is 3.22. The van der Waals surface area contributed by atoms with Gasteiger partial charge in [0.15, 0.2) is 12.0 Å². The van der Waals surface area contributed by atoms with Crippen LogP contribution in [0, 0.1) is 0 Å². The first-order valence-corrected chi connectivity index (χ1v) is 8.22. The Morgan fingerprint density at radius 1 is 1.33 bits per heavy atom. The van der Waals surface area contributed by atoms with Crippen LogP contribution in [0.15, 0.2) is 30.2 Å². The summed E-state index contributed by atoms with van der Waals surface area (Å²) in [5.41, 5.74) is 3.78. The summed E-state index contributed by atoms with van der Waals surface area (Å²) in [5, 5.41) is 14.1. The zero-order valence-electron chi connectivity index (χ0n) is 13.7. The van der Waals surface area contributed by atoms with E-state index in [1.165, 1.54) is 23.5 Å². The van der Waals surface area contributed by atoms with Crippen LogP contribution in [-0.4, -0.2) is 32.8 Å². The van der Waals surface area contributed by atoms with Gasteiger partial charge in [0, 0.05) is 12.7 Å². The largest absolute Gasteiger partial charge is 0.505 e. The lowest BCUT2D eigenvalue weighted by Gasteiger charge is -2.21. The van der Waals surface area contributed by atoms with Crippen molar-refractivity contribution >= 4 is 11.9 Å². The fourth-order valence-electron chi connectivity index (χ4n) is 3.12. The molecule has 0 radical (unpaired) electrons. The first-order chi connectivity index (χ1) is 11.7. The van der Waals surface area contributed by atoms with Crippen molar-refractivity contribution < 1.29 is 14.6 Å². The normalized spacial score (nSPS) is 14.7. The smallest absolute Gasteiger partial charge is 0.157 e. The molecule has 1 N–H and O–H groups in total. The number of aromatic hydroxyl groups is 1. The van der Waals surface area contributed by atoms with E-state index in [4.69, 9.17) is 4.74 Å². The van der Waals surface area contributed by atoms with Crippen molar-refractivity contribution in [3.8, 4) is 11.5 Å². The predicted molar refractivity (Wildman–Crippen MR) is 90.1 cm³/mol. The van der Waals surface area contributed by atoms with Gasteiger partial charge in [-0.05, 0) is 49.8 Å². The summed E-state index contributed by atoms with van der Waals surface area (Å²) in [4.78, 5) is 15.0. The molecule has 0 saturated heterocycles. The molecule has 3 rings (SSSR count). The number of nitrogens with zero attached hydrogens (tertiary/aromatic N) is 3. The number of aldehydes is 1. The lowest BCUT2D eigenvalue weighted by Crippen LogP contribution is -2.12. The SMILES string of the molecule is CCn1nccc1C1=C(COc2cncc(O)c2C=O)CCCC1. The molecule has 0 bridgehead atoms. The number of carbonyl (C=O) groups excluding carboxylic acids is 1. The van der Waals surface area contributed by atoms with Crippen molar-refractivity contribution in [3.63, 3.8) is 0 Å². The Balaban J connectivity index is 1.87. The summed E-state index contributed by atoms with van der Waals surface area (Å²) < 4.78 is 7.80. The molecule has 24 heavy (non-hydrogen) atoms. The highest BCUT2D eigenvalue weighted by atomic mass is 16.5. The zero-order valence-corrected chi connectivity index (χ0v) is 13.7. The van der Waals surface area contributed by atoms with E-state index in [2.05, 4.69) is 17.0 Å². The Bertz CT molecular complexity index is 765. The summed E-state index contributed by atoms with van der Waals surface area (Å²) in [6.45, 7) is 3.28.